The molecule has 0 radical (unpaired) electrons. The fraction of sp³-hybridized carbons (Fsp3) is 0.120. The molecule has 0 spiro atoms. The van der Waals surface area contributed by atoms with E-state index >= 15 is 0 Å². The SMILES string of the molecule is COC(=C1C(=O)N(C(C)=O)c2cc(Cl)ccc21)c1ccc(OCc2ccccc2)cc1. The van der Waals surface area contributed by atoms with Gasteiger partial charge in [0.05, 0.1) is 18.4 Å². The fourth-order valence-corrected chi connectivity index (χ4v) is 3.74. The molecule has 0 bridgehead atoms. The fourth-order valence-electron chi connectivity index (χ4n) is 3.58. The Balaban J connectivity index is 1.68. The molecule has 0 aromatic heterocycles. The van der Waals surface area contributed by atoms with Gasteiger partial charge in [0.1, 0.15) is 18.1 Å². The van der Waals surface area contributed by atoms with E-state index in [4.69, 9.17) is 21.1 Å². The lowest BCUT2D eigenvalue weighted by atomic mass is 10.0. The maximum atomic E-state index is 13.1. The number of fused-ring (bicyclic) bond motifs is 1. The minimum Gasteiger partial charge on any atom is -0.495 e. The summed E-state index contributed by atoms with van der Waals surface area (Å²) < 4.78 is 11.5. The number of carbonyl (C=O) groups is 2. The summed E-state index contributed by atoms with van der Waals surface area (Å²) in [6.07, 6.45) is 0. The van der Waals surface area contributed by atoms with Crippen LogP contribution in [0.4, 0.5) is 5.69 Å². The minimum atomic E-state index is -0.439. The maximum Gasteiger partial charge on any atom is 0.269 e. The summed E-state index contributed by atoms with van der Waals surface area (Å²) in [5.74, 6) is 0.255. The highest BCUT2D eigenvalue weighted by atomic mass is 35.5. The number of amides is 2. The number of hydrogen-bond acceptors (Lipinski definition) is 4. The molecule has 0 aliphatic carbocycles. The highest BCUT2D eigenvalue weighted by Crippen LogP contribution is 2.42. The van der Waals surface area contributed by atoms with Crippen molar-refractivity contribution in [3.05, 3.63) is 94.5 Å². The number of ether oxygens (including phenoxy) is 2. The largest absolute Gasteiger partial charge is 0.495 e. The molecule has 3 aromatic rings. The Hall–Kier alpha value is -3.57. The van der Waals surface area contributed by atoms with Crippen molar-refractivity contribution in [2.24, 2.45) is 0 Å². The second kappa shape index (κ2) is 8.66. The first kappa shape index (κ1) is 20.7. The predicted molar refractivity (Wildman–Crippen MR) is 121 cm³/mol. The molecule has 1 aliphatic heterocycles. The van der Waals surface area contributed by atoms with E-state index in [9.17, 15) is 9.59 Å². The number of methoxy groups -OCH3 is 1. The van der Waals surface area contributed by atoms with Crippen LogP contribution in [0.2, 0.25) is 5.02 Å². The second-order valence-corrected chi connectivity index (χ2v) is 7.46. The van der Waals surface area contributed by atoms with Gasteiger partial charge in [-0.05, 0) is 42.0 Å². The number of hydrogen-bond donors (Lipinski definition) is 0. The van der Waals surface area contributed by atoms with Crippen molar-refractivity contribution in [3.8, 4) is 5.75 Å². The molecule has 4 rings (SSSR count). The van der Waals surface area contributed by atoms with Crippen LogP contribution in [-0.2, 0) is 20.9 Å². The average Bonchev–Trinajstić information content (AvgIpc) is 3.05. The first-order valence-electron chi connectivity index (χ1n) is 9.70. The van der Waals surface area contributed by atoms with Gasteiger partial charge >= 0.3 is 0 Å². The van der Waals surface area contributed by atoms with E-state index in [0.717, 1.165) is 10.5 Å². The van der Waals surface area contributed by atoms with Crippen molar-refractivity contribution < 1.29 is 19.1 Å². The molecule has 0 N–H and O–H groups in total. The number of halogens is 1. The van der Waals surface area contributed by atoms with Crippen LogP contribution in [-0.4, -0.2) is 18.9 Å². The molecule has 156 valence electrons. The average molecular weight is 434 g/mol. The molecular formula is C25H20ClNO4. The lowest BCUT2D eigenvalue weighted by Crippen LogP contribution is -2.31. The predicted octanol–water partition coefficient (Wildman–Crippen LogP) is 5.33. The van der Waals surface area contributed by atoms with Crippen molar-refractivity contribution in [3.63, 3.8) is 0 Å². The van der Waals surface area contributed by atoms with Crippen LogP contribution >= 0.6 is 11.6 Å². The number of anilines is 1. The summed E-state index contributed by atoms with van der Waals surface area (Å²) in [4.78, 5) is 26.4. The number of rotatable bonds is 5. The van der Waals surface area contributed by atoms with Crippen molar-refractivity contribution in [2.75, 3.05) is 12.0 Å². The molecule has 0 saturated heterocycles. The standard InChI is InChI=1S/C25H20ClNO4/c1-16(28)27-22-14-19(26)10-13-21(22)23(25(27)29)24(30-2)18-8-11-20(12-9-18)31-15-17-6-4-3-5-7-17/h3-14H,15H2,1-2H3. The van der Waals surface area contributed by atoms with Crippen LogP contribution in [0, 0.1) is 0 Å². The summed E-state index contributed by atoms with van der Waals surface area (Å²) in [5.41, 5.74) is 3.15. The van der Waals surface area contributed by atoms with Gasteiger partial charge in [-0.15, -0.1) is 0 Å². The van der Waals surface area contributed by atoms with Gasteiger partial charge < -0.3 is 9.47 Å². The van der Waals surface area contributed by atoms with Gasteiger partial charge in [0.25, 0.3) is 5.91 Å². The van der Waals surface area contributed by atoms with E-state index in [1.54, 1.807) is 18.2 Å². The van der Waals surface area contributed by atoms with E-state index < -0.39 is 5.91 Å². The molecule has 3 aromatic carbocycles. The molecule has 0 saturated carbocycles. The van der Waals surface area contributed by atoms with Crippen LogP contribution < -0.4 is 9.64 Å². The number of imide groups is 1. The number of benzene rings is 3. The molecule has 1 heterocycles. The smallest absolute Gasteiger partial charge is 0.269 e. The minimum absolute atomic E-state index is 0.322. The summed E-state index contributed by atoms with van der Waals surface area (Å²) in [7, 11) is 1.50. The Morgan fingerprint density at radius 2 is 1.71 bits per heavy atom. The van der Waals surface area contributed by atoms with Gasteiger partial charge in [-0.3, -0.25) is 9.59 Å². The topological polar surface area (TPSA) is 55.8 Å². The third kappa shape index (κ3) is 4.05. The van der Waals surface area contributed by atoms with Gasteiger partial charge in [0.2, 0.25) is 5.91 Å². The van der Waals surface area contributed by atoms with Gasteiger partial charge in [0.15, 0.2) is 0 Å². The molecule has 0 unspecified atom stereocenters. The van der Waals surface area contributed by atoms with Gasteiger partial charge in [-0.25, -0.2) is 4.90 Å². The molecular weight excluding hydrogens is 414 g/mol. The molecule has 6 heteroatoms. The zero-order valence-corrected chi connectivity index (χ0v) is 17.8. The quantitative estimate of drug-likeness (QED) is 0.403. The Morgan fingerprint density at radius 3 is 2.35 bits per heavy atom. The number of carbonyl (C=O) groups excluding carboxylic acids is 2. The molecule has 0 atom stereocenters. The van der Waals surface area contributed by atoms with E-state index in [-0.39, 0.29) is 5.91 Å². The maximum absolute atomic E-state index is 13.1. The third-order valence-corrected chi connectivity index (χ3v) is 5.23. The highest BCUT2D eigenvalue weighted by molar-refractivity contribution is 6.43. The first-order valence-corrected chi connectivity index (χ1v) is 10.1. The van der Waals surface area contributed by atoms with Gasteiger partial charge in [-0.1, -0.05) is 48.0 Å². The zero-order valence-electron chi connectivity index (χ0n) is 17.1. The monoisotopic (exact) mass is 433 g/mol. The lowest BCUT2D eigenvalue weighted by Gasteiger charge is -2.13. The number of nitrogens with zero attached hydrogens (tertiary/aromatic N) is 1. The second-order valence-electron chi connectivity index (χ2n) is 7.03. The van der Waals surface area contributed by atoms with Gasteiger partial charge in [0, 0.05) is 23.1 Å². The van der Waals surface area contributed by atoms with E-state index in [1.165, 1.54) is 14.0 Å². The van der Waals surface area contributed by atoms with Crippen LogP contribution in [0.15, 0.2) is 72.8 Å². The summed E-state index contributed by atoms with van der Waals surface area (Å²) in [6, 6.07) is 22.2. The Morgan fingerprint density at radius 1 is 1.00 bits per heavy atom. The third-order valence-electron chi connectivity index (χ3n) is 5.00. The van der Waals surface area contributed by atoms with Crippen molar-refractivity contribution >= 4 is 40.4 Å². The molecule has 2 amide bonds. The van der Waals surface area contributed by atoms with Crippen LogP contribution in [0.25, 0.3) is 11.3 Å². The molecule has 0 fully saturated rings. The van der Waals surface area contributed by atoms with E-state index in [2.05, 4.69) is 0 Å². The van der Waals surface area contributed by atoms with Crippen molar-refractivity contribution in [1.29, 1.82) is 0 Å². The Bertz CT molecular complexity index is 1170. The molecule has 31 heavy (non-hydrogen) atoms. The summed E-state index contributed by atoms with van der Waals surface area (Å²) >= 11 is 6.10. The Labute approximate surface area is 185 Å². The molecule has 5 nitrogen and oxygen atoms in total. The van der Waals surface area contributed by atoms with E-state index in [0.29, 0.717) is 45.5 Å². The summed E-state index contributed by atoms with van der Waals surface area (Å²) in [6.45, 7) is 1.80. The van der Waals surface area contributed by atoms with Crippen LogP contribution in [0.5, 0.6) is 5.75 Å². The highest BCUT2D eigenvalue weighted by Gasteiger charge is 2.38. The van der Waals surface area contributed by atoms with Crippen molar-refractivity contribution in [1.82, 2.24) is 0 Å². The first-order chi connectivity index (χ1) is 15.0. The van der Waals surface area contributed by atoms with Gasteiger partial charge in [-0.2, -0.15) is 0 Å². The van der Waals surface area contributed by atoms with Crippen LogP contribution in [0.3, 0.4) is 0 Å². The zero-order chi connectivity index (χ0) is 22.0. The Kier molecular flexibility index (Phi) is 5.78. The normalized spacial score (nSPS) is 14.3. The van der Waals surface area contributed by atoms with E-state index in [1.807, 2.05) is 54.6 Å². The summed E-state index contributed by atoms with van der Waals surface area (Å²) in [5, 5.41) is 0.443. The lowest BCUT2D eigenvalue weighted by molar-refractivity contribution is -0.122. The van der Waals surface area contributed by atoms with Crippen molar-refractivity contribution in [2.45, 2.75) is 13.5 Å². The van der Waals surface area contributed by atoms with Crippen LogP contribution in [0.1, 0.15) is 23.6 Å². The molecule has 1 aliphatic rings.